The van der Waals surface area contributed by atoms with E-state index in [9.17, 15) is 4.79 Å². The van der Waals surface area contributed by atoms with Crippen LogP contribution in [0.15, 0.2) is 0 Å². The van der Waals surface area contributed by atoms with Gasteiger partial charge in [-0.25, -0.2) is 0 Å². The summed E-state index contributed by atoms with van der Waals surface area (Å²) >= 11 is 0. The second-order valence-corrected chi connectivity index (χ2v) is 6.02. The number of rotatable bonds is 11. The Morgan fingerprint density at radius 1 is 1.15 bits per heavy atom. The fourth-order valence-electron chi connectivity index (χ4n) is 2.30. The van der Waals surface area contributed by atoms with E-state index in [1.165, 1.54) is 26.4 Å². The van der Waals surface area contributed by atoms with Gasteiger partial charge < -0.3 is 15.0 Å². The number of hydrogen-bond donors (Lipinski definition) is 1. The van der Waals surface area contributed by atoms with Crippen LogP contribution >= 0.6 is 0 Å². The van der Waals surface area contributed by atoms with Crippen LogP contribution in [-0.2, 0) is 9.53 Å². The minimum absolute atomic E-state index is 0.157. The van der Waals surface area contributed by atoms with Crippen LogP contribution in [-0.4, -0.2) is 49.2 Å². The third-order valence-electron chi connectivity index (χ3n) is 3.50. The molecule has 0 aliphatic rings. The molecule has 120 valence electrons. The van der Waals surface area contributed by atoms with Gasteiger partial charge in [-0.2, -0.15) is 0 Å². The molecular formula is C16H34N2O2. The SMILES string of the molecule is CCCCCN(CCC(NC(C)C)C(=O)OC)C(C)C. The summed E-state index contributed by atoms with van der Waals surface area (Å²) in [7, 11) is 1.46. The first kappa shape index (κ1) is 19.4. The summed E-state index contributed by atoms with van der Waals surface area (Å²) < 4.78 is 4.88. The van der Waals surface area contributed by atoms with Crippen LogP contribution in [0.2, 0.25) is 0 Å². The maximum absolute atomic E-state index is 11.8. The molecule has 20 heavy (non-hydrogen) atoms. The molecule has 0 fully saturated rings. The minimum atomic E-state index is -0.201. The van der Waals surface area contributed by atoms with E-state index in [4.69, 9.17) is 4.74 Å². The molecule has 1 atom stereocenters. The van der Waals surface area contributed by atoms with E-state index in [0.717, 1.165) is 19.5 Å². The molecule has 0 saturated heterocycles. The highest BCUT2D eigenvalue weighted by atomic mass is 16.5. The smallest absolute Gasteiger partial charge is 0.322 e. The van der Waals surface area contributed by atoms with Gasteiger partial charge >= 0.3 is 5.97 Å². The van der Waals surface area contributed by atoms with Crippen LogP contribution < -0.4 is 5.32 Å². The number of carbonyl (C=O) groups excluding carboxylic acids is 1. The van der Waals surface area contributed by atoms with Gasteiger partial charge in [-0.1, -0.05) is 33.6 Å². The standard InChI is InChI=1S/C16H34N2O2/c1-7-8-9-11-18(14(4)5)12-10-15(16(19)20-6)17-13(2)3/h13-15,17H,7-12H2,1-6H3. The zero-order valence-electron chi connectivity index (χ0n) is 14.2. The van der Waals surface area contributed by atoms with Gasteiger partial charge in [0.15, 0.2) is 0 Å². The van der Waals surface area contributed by atoms with Gasteiger partial charge in [0.1, 0.15) is 6.04 Å². The summed E-state index contributed by atoms with van der Waals surface area (Å²) in [4.78, 5) is 14.2. The minimum Gasteiger partial charge on any atom is -0.468 e. The predicted octanol–water partition coefficient (Wildman–Crippen LogP) is 2.82. The van der Waals surface area contributed by atoms with Crippen molar-refractivity contribution in [1.29, 1.82) is 0 Å². The lowest BCUT2D eigenvalue weighted by atomic mass is 10.1. The molecule has 1 unspecified atom stereocenters. The first-order chi connectivity index (χ1) is 9.42. The van der Waals surface area contributed by atoms with E-state index in [-0.39, 0.29) is 18.1 Å². The van der Waals surface area contributed by atoms with Crippen LogP contribution in [0.1, 0.15) is 60.3 Å². The van der Waals surface area contributed by atoms with Gasteiger partial charge in [0.2, 0.25) is 0 Å². The van der Waals surface area contributed by atoms with E-state index < -0.39 is 0 Å². The highest BCUT2D eigenvalue weighted by Crippen LogP contribution is 2.07. The highest BCUT2D eigenvalue weighted by Gasteiger charge is 2.21. The van der Waals surface area contributed by atoms with Crippen LogP contribution in [0.4, 0.5) is 0 Å². The van der Waals surface area contributed by atoms with Crippen molar-refractivity contribution in [3.63, 3.8) is 0 Å². The molecule has 0 aromatic carbocycles. The molecule has 0 radical (unpaired) electrons. The number of hydrogen-bond acceptors (Lipinski definition) is 4. The zero-order chi connectivity index (χ0) is 15.5. The third-order valence-corrected chi connectivity index (χ3v) is 3.50. The second kappa shape index (κ2) is 11.1. The molecule has 0 aromatic heterocycles. The Balaban J connectivity index is 4.34. The summed E-state index contributed by atoms with van der Waals surface area (Å²) in [6, 6.07) is 0.600. The van der Waals surface area contributed by atoms with Gasteiger partial charge in [0, 0.05) is 18.6 Å². The van der Waals surface area contributed by atoms with E-state index in [0.29, 0.717) is 6.04 Å². The van der Waals surface area contributed by atoms with Crippen LogP contribution in [0.5, 0.6) is 0 Å². The van der Waals surface area contributed by atoms with E-state index in [1.54, 1.807) is 0 Å². The van der Waals surface area contributed by atoms with Gasteiger partial charge in [-0.3, -0.25) is 4.79 Å². The zero-order valence-corrected chi connectivity index (χ0v) is 14.2. The predicted molar refractivity (Wildman–Crippen MR) is 84.9 cm³/mol. The number of methoxy groups -OCH3 is 1. The van der Waals surface area contributed by atoms with Crippen molar-refractivity contribution < 1.29 is 9.53 Å². The van der Waals surface area contributed by atoms with Crippen molar-refractivity contribution >= 4 is 5.97 Å². The number of unbranched alkanes of at least 4 members (excludes halogenated alkanes) is 2. The van der Waals surface area contributed by atoms with Gasteiger partial charge in [-0.15, -0.1) is 0 Å². The van der Waals surface area contributed by atoms with Crippen molar-refractivity contribution in [2.75, 3.05) is 20.2 Å². The fraction of sp³-hybridized carbons (Fsp3) is 0.938. The van der Waals surface area contributed by atoms with Crippen molar-refractivity contribution in [3.8, 4) is 0 Å². The molecular weight excluding hydrogens is 252 g/mol. The molecule has 4 heteroatoms. The van der Waals surface area contributed by atoms with Gasteiger partial charge in [0.25, 0.3) is 0 Å². The Bertz CT molecular complexity index is 255. The molecule has 0 heterocycles. The normalized spacial score (nSPS) is 13.2. The van der Waals surface area contributed by atoms with Crippen molar-refractivity contribution in [3.05, 3.63) is 0 Å². The number of nitrogens with zero attached hydrogens (tertiary/aromatic N) is 1. The maximum Gasteiger partial charge on any atom is 0.322 e. The average molecular weight is 286 g/mol. The lowest BCUT2D eigenvalue weighted by Gasteiger charge is -2.28. The monoisotopic (exact) mass is 286 g/mol. The molecule has 0 amide bonds. The lowest BCUT2D eigenvalue weighted by molar-refractivity contribution is -0.143. The molecule has 4 nitrogen and oxygen atoms in total. The van der Waals surface area contributed by atoms with Gasteiger partial charge in [0.05, 0.1) is 7.11 Å². The van der Waals surface area contributed by atoms with Crippen LogP contribution in [0, 0.1) is 0 Å². The summed E-state index contributed by atoms with van der Waals surface area (Å²) in [6.07, 6.45) is 4.55. The highest BCUT2D eigenvalue weighted by molar-refractivity contribution is 5.75. The molecule has 0 spiro atoms. The Labute approximate surface area is 125 Å². The summed E-state index contributed by atoms with van der Waals surface area (Å²) in [5, 5.41) is 3.29. The molecule has 0 rings (SSSR count). The number of nitrogens with one attached hydrogen (secondary N) is 1. The summed E-state index contributed by atoms with van der Waals surface area (Å²) in [5.74, 6) is -0.157. The summed E-state index contributed by atoms with van der Waals surface area (Å²) in [5.41, 5.74) is 0. The average Bonchev–Trinajstić information content (AvgIpc) is 2.39. The molecule has 0 bridgehead atoms. The third kappa shape index (κ3) is 8.54. The molecule has 0 aliphatic heterocycles. The van der Waals surface area contributed by atoms with E-state index in [1.807, 2.05) is 0 Å². The molecule has 1 N–H and O–H groups in total. The Kier molecular flexibility index (Phi) is 10.8. The first-order valence-electron chi connectivity index (χ1n) is 8.00. The Morgan fingerprint density at radius 2 is 1.80 bits per heavy atom. The topological polar surface area (TPSA) is 41.6 Å². The van der Waals surface area contributed by atoms with Crippen LogP contribution in [0.3, 0.4) is 0 Å². The second-order valence-electron chi connectivity index (χ2n) is 6.02. The first-order valence-corrected chi connectivity index (χ1v) is 8.00. The Morgan fingerprint density at radius 3 is 2.25 bits per heavy atom. The largest absolute Gasteiger partial charge is 0.468 e. The quantitative estimate of drug-likeness (QED) is 0.468. The number of esters is 1. The van der Waals surface area contributed by atoms with Gasteiger partial charge in [-0.05, 0) is 33.2 Å². The molecule has 0 aliphatic carbocycles. The maximum atomic E-state index is 11.8. The number of ether oxygens (including phenoxy) is 1. The van der Waals surface area contributed by atoms with Crippen molar-refractivity contribution in [2.24, 2.45) is 0 Å². The molecule has 0 saturated carbocycles. The van der Waals surface area contributed by atoms with Crippen LogP contribution in [0.25, 0.3) is 0 Å². The Hall–Kier alpha value is -0.610. The molecule has 0 aromatic rings. The summed E-state index contributed by atoms with van der Waals surface area (Å²) in [6.45, 7) is 12.8. The van der Waals surface area contributed by atoms with E-state index >= 15 is 0 Å². The van der Waals surface area contributed by atoms with E-state index in [2.05, 4.69) is 44.8 Å². The number of carbonyl (C=O) groups is 1. The lowest BCUT2D eigenvalue weighted by Crippen LogP contribution is -2.44. The van der Waals surface area contributed by atoms with Crippen molar-refractivity contribution in [2.45, 2.75) is 78.4 Å². The van der Waals surface area contributed by atoms with Crippen molar-refractivity contribution in [1.82, 2.24) is 10.2 Å². The fourth-order valence-corrected chi connectivity index (χ4v) is 2.30.